The zero-order chi connectivity index (χ0) is 14.0. The molecular weight excluding hydrogens is 238 g/mol. The van der Waals surface area contributed by atoms with Crippen molar-refractivity contribution >= 4 is 5.91 Å². The zero-order valence-electron chi connectivity index (χ0n) is 11.5. The molecule has 0 atom stereocenters. The van der Waals surface area contributed by atoms with Gasteiger partial charge in [-0.05, 0) is 24.8 Å². The number of carbonyl (C=O) groups is 1. The first kappa shape index (κ1) is 15.3. The minimum atomic E-state index is -2.58. The molecule has 0 aromatic carbocycles. The minimum Gasteiger partial charge on any atom is -0.345 e. The Morgan fingerprint density at radius 2 is 1.89 bits per heavy atom. The molecule has 1 amide bonds. The summed E-state index contributed by atoms with van der Waals surface area (Å²) < 4.78 is 26.1. The van der Waals surface area contributed by atoms with Gasteiger partial charge in [-0.2, -0.15) is 0 Å². The van der Waals surface area contributed by atoms with E-state index in [4.69, 9.17) is 5.73 Å². The van der Waals surface area contributed by atoms with Gasteiger partial charge in [-0.15, -0.1) is 0 Å². The molecule has 1 saturated carbocycles. The quantitative estimate of drug-likeness (QED) is 0.844. The van der Waals surface area contributed by atoms with E-state index in [1.54, 1.807) is 11.9 Å². The second-order valence-corrected chi connectivity index (χ2v) is 6.19. The van der Waals surface area contributed by atoms with Crippen LogP contribution in [0.15, 0.2) is 0 Å². The van der Waals surface area contributed by atoms with Gasteiger partial charge in [-0.1, -0.05) is 13.8 Å². The average Bonchev–Trinajstić information content (AvgIpc) is 2.27. The summed E-state index contributed by atoms with van der Waals surface area (Å²) in [6.45, 7) is 5.04. The van der Waals surface area contributed by atoms with Gasteiger partial charge in [0.2, 0.25) is 11.8 Å². The maximum atomic E-state index is 13.0. The number of hydrogen-bond donors (Lipinski definition) is 1. The number of amides is 1. The summed E-state index contributed by atoms with van der Waals surface area (Å²) in [7, 11) is 1.73. The fraction of sp³-hybridized carbons (Fsp3) is 0.923. The van der Waals surface area contributed by atoms with Gasteiger partial charge in [0.1, 0.15) is 0 Å². The normalized spacial score (nSPS) is 20.8. The van der Waals surface area contributed by atoms with Gasteiger partial charge in [-0.3, -0.25) is 4.79 Å². The highest BCUT2D eigenvalue weighted by molar-refractivity contribution is 5.78. The first-order valence-corrected chi connectivity index (χ1v) is 6.50. The molecule has 0 saturated heterocycles. The number of nitrogens with two attached hydrogens (primary N) is 1. The molecule has 5 heteroatoms. The third kappa shape index (κ3) is 4.19. The highest BCUT2D eigenvalue weighted by atomic mass is 19.3. The highest BCUT2D eigenvalue weighted by Crippen LogP contribution is 2.36. The molecule has 106 valence electrons. The standard InChI is InChI=1S/C13H24F2N2O/c1-12(2,8-16)9-17(3)11(18)10-4-6-13(14,15)7-5-10/h10H,4-9,16H2,1-3H3. The lowest BCUT2D eigenvalue weighted by Gasteiger charge is -2.34. The molecular formula is C13H24F2N2O. The molecule has 0 bridgehead atoms. The number of alkyl halides is 2. The molecule has 0 aromatic rings. The van der Waals surface area contributed by atoms with Crippen LogP contribution >= 0.6 is 0 Å². The van der Waals surface area contributed by atoms with Gasteiger partial charge in [0.25, 0.3) is 0 Å². The Morgan fingerprint density at radius 1 is 1.39 bits per heavy atom. The number of rotatable bonds is 4. The topological polar surface area (TPSA) is 46.3 Å². The molecule has 0 unspecified atom stereocenters. The van der Waals surface area contributed by atoms with Crippen molar-refractivity contribution < 1.29 is 13.6 Å². The maximum absolute atomic E-state index is 13.0. The Morgan fingerprint density at radius 3 is 2.33 bits per heavy atom. The molecule has 3 nitrogen and oxygen atoms in total. The summed E-state index contributed by atoms with van der Waals surface area (Å²) in [5.74, 6) is -2.85. The van der Waals surface area contributed by atoms with E-state index in [9.17, 15) is 13.6 Å². The molecule has 0 aromatic heterocycles. The van der Waals surface area contributed by atoms with Crippen LogP contribution in [-0.2, 0) is 4.79 Å². The minimum absolute atomic E-state index is 0.0213. The van der Waals surface area contributed by atoms with E-state index in [0.717, 1.165) is 0 Å². The third-order valence-electron chi connectivity index (χ3n) is 3.66. The van der Waals surface area contributed by atoms with E-state index in [-0.39, 0.29) is 30.1 Å². The summed E-state index contributed by atoms with van der Waals surface area (Å²) in [4.78, 5) is 13.8. The van der Waals surface area contributed by atoms with Crippen LogP contribution < -0.4 is 5.73 Å². The van der Waals surface area contributed by atoms with Crippen molar-refractivity contribution in [3.8, 4) is 0 Å². The third-order valence-corrected chi connectivity index (χ3v) is 3.66. The van der Waals surface area contributed by atoms with E-state index in [1.165, 1.54) is 0 Å². The number of nitrogens with zero attached hydrogens (tertiary/aromatic N) is 1. The van der Waals surface area contributed by atoms with E-state index in [1.807, 2.05) is 13.8 Å². The highest BCUT2D eigenvalue weighted by Gasteiger charge is 2.38. The van der Waals surface area contributed by atoms with Crippen molar-refractivity contribution in [3.05, 3.63) is 0 Å². The monoisotopic (exact) mass is 262 g/mol. The number of halogens is 2. The smallest absolute Gasteiger partial charge is 0.248 e. The molecule has 1 rings (SSSR count). The largest absolute Gasteiger partial charge is 0.345 e. The Balaban J connectivity index is 2.50. The van der Waals surface area contributed by atoms with Crippen LogP contribution in [-0.4, -0.2) is 36.9 Å². The van der Waals surface area contributed by atoms with Crippen molar-refractivity contribution in [2.24, 2.45) is 17.1 Å². The Labute approximate surface area is 108 Å². The van der Waals surface area contributed by atoms with Crippen LogP contribution in [0.2, 0.25) is 0 Å². The zero-order valence-corrected chi connectivity index (χ0v) is 11.5. The van der Waals surface area contributed by atoms with Crippen LogP contribution in [0.4, 0.5) is 8.78 Å². The van der Waals surface area contributed by atoms with Crippen molar-refractivity contribution in [2.45, 2.75) is 45.5 Å². The summed E-state index contributed by atoms with van der Waals surface area (Å²) in [6, 6.07) is 0. The second-order valence-electron chi connectivity index (χ2n) is 6.19. The first-order chi connectivity index (χ1) is 8.17. The number of carbonyl (C=O) groups excluding carboxylic acids is 1. The first-order valence-electron chi connectivity index (χ1n) is 6.50. The molecule has 1 fully saturated rings. The fourth-order valence-corrected chi connectivity index (χ4v) is 2.38. The van der Waals surface area contributed by atoms with Crippen LogP contribution in [0.25, 0.3) is 0 Å². The van der Waals surface area contributed by atoms with Crippen LogP contribution in [0.1, 0.15) is 39.5 Å². The lowest BCUT2D eigenvalue weighted by atomic mass is 9.85. The van der Waals surface area contributed by atoms with Crippen molar-refractivity contribution in [1.29, 1.82) is 0 Å². The van der Waals surface area contributed by atoms with Crippen molar-refractivity contribution in [2.75, 3.05) is 20.1 Å². The van der Waals surface area contributed by atoms with Gasteiger partial charge in [-0.25, -0.2) is 8.78 Å². The Kier molecular flexibility index (Phi) is 4.70. The predicted octanol–water partition coefficient (Wildman–Crippen LogP) is 2.26. The van der Waals surface area contributed by atoms with E-state index >= 15 is 0 Å². The van der Waals surface area contributed by atoms with Gasteiger partial charge in [0, 0.05) is 32.4 Å². The molecule has 0 aliphatic heterocycles. The van der Waals surface area contributed by atoms with E-state index in [0.29, 0.717) is 25.9 Å². The summed E-state index contributed by atoms with van der Waals surface area (Å²) in [5, 5.41) is 0. The Hall–Kier alpha value is -0.710. The van der Waals surface area contributed by atoms with E-state index in [2.05, 4.69) is 0 Å². The van der Waals surface area contributed by atoms with Crippen LogP contribution in [0.5, 0.6) is 0 Å². The summed E-state index contributed by atoms with van der Waals surface area (Å²) in [6.07, 6.45) is 0.244. The second kappa shape index (κ2) is 5.51. The molecule has 0 radical (unpaired) electrons. The Bertz CT molecular complexity index is 295. The van der Waals surface area contributed by atoms with E-state index < -0.39 is 5.92 Å². The molecule has 0 heterocycles. The average molecular weight is 262 g/mol. The maximum Gasteiger partial charge on any atom is 0.248 e. The van der Waals surface area contributed by atoms with Crippen molar-refractivity contribution in [1.82, 2.24) is 4.90 Å². The number of hydrogen-bond acceptors (Lipinski definition) is 2. The lowest BCUT2D eigenvalue weighted by molar-refractivity contribution is -0.139. The van der Waals surface area contributed by atoms with Gasteiger partial charge >= 0.3 is 0 Å². The van der Waals surface area contributed by atoms with Gasteiger partial charge in [0.15, 0.2) is 0 Å². The predicted molar refractivity (Wildman–Crippen MR) is 67.4 cm³/mol. The van der Waals surface area contributed by atoms with Gasteiger partial charge in [0.05, 0.1) is 0 Å². The molecule has 2 N–H and O–H groups in total. The lowest BCUT2D eigenvalue weighted by Crippen LogP contribution is -2.43. The molecule has 0 spiro atoms. The molecule has 18 heavy (non-hydrogen) atoms. The SMILES string of the molecule is CN(CC(C)(C)CN)C(=O)C1CCC(F)(F)CC1. The van der Waals surface area contributed by atoms with Crippen molar-refractivity contribution in [3.63, 3.8) is 0 Å². The van der Waals surface area contributed by atoms with Crippen LogP contribution in [0.3, 0.4) is 0 Å². The van der Waals surface area contributed by atoms with Gasteiger partial charge < -0.3 is 10.6 Å². The fourth-order valence-electron chi connectivity index (χ4n) is 2.38. The summed E-state index contributed by atoms with van der Waals surface area (Å²) in [5.41, 5.74) is 5.50. The van der Waals surface area contributed by atoms with Crippen LogP contribution in [0, 0.1) is 11.3 Å². The summed E-state index contributed by atoms with van der Waals surface area (Å²) >= 11 is 0. The molecule has 1 aliphatic carbocycles. The molecule has 1 aliphatic rings.